The van der Waals surface area contributed by atoms with Gasteiger partial charge in [-0.1, -0.05) is 45.0 Å². The molecule has 2 aromatic rings. The van der Waals surface area contributed by atoms with Crippen molar-refractivity contribution in [1.29, 1.82) is 0 Å². The van der Waals surface area contributed by atoms with Crippen LogP contribution in [0.1, 0.15) is 42.4 Å². The second-order valence-electron chi connectivity index (χ2n) is 8.22. The lowest BCUT2D eigenvalue weighted by molar-refractivity contribution is 0.0730. The third-order valence-electron chi connectivity index (χ3n) is 5.03. The van der Waals surface area contributed by atoms with Crippen LogP contribution in [0.15, 0.2) is 41.4 Å². The van der Waals surface area contributed by atoms with Crippen LogP contribution in [0.2, 0.25) is 0 Å². The summed E-state index contributed by atoms with van der Waals surface area (Å²) in [6.45, 7) is 8.40. The van der Waals surface area contributed by atoms with E-state index in [0.29, 0.717) is 39.3 Å². The van der Waals surface area contributed by atoms with Gasteiger partial charge in [0, 0.05) is 25.8 Å². The second-order valence-corrected chi connectivity index (χ2v) is 10.2. The van der Waals surface area contributed by atoms with E-state index in [9.17, 15) is 13.2 Å². The number of carbonyl (C=O) groups is 1. The van der Waals surface area contributed by atoms with Gasteiger partial charge in [0.1, 0.15) is 10.6 Å². The first-order chi connectivity index (χ1) is 13.7. The highest BCUT2D eigenvalue weighted by Crippen LogP contribution is 2.22. The number of nitrogens with zero attached hydrogens (tertiary/aromatic N) is 1. The SMILES string of the molecule is CC(C)(C)c1ccc(CCNC(=O)c2cc(S(=O)(=O)N3CCOCC3)c[nH]2)cc1. The first-order valence-electron chi connectivity index (χ1n) is 9.82. The highest BCUT2D eigenvalue weighted by Gasteiger charge is 2.27. The van der Waals surface area contributed by atoms with Gasteiger partial charge in [-0.05, 0) is 29.0 Å². The van der Waals surface area contributed by atoms with Crippen LogP contribution in [0.5, 0.6) is 0 Å². The maximum absolute atomic E-state index is 12.6. The van der Waals surface area contributed by atoms with E-state index in [2.05, 4.69) is 55.3 Å². The third kappa shape index (κ3) is 5.26. The number of hydrogen-bond acceptors (Lipinski definition) is 4. The Hall–Kier alpha value is -2.16. The molecule has 1 aliphatic rings. The van der Waals surface area contributed by atoms with E-state index in [4.69, 9.17) is 4.74 Å². The summed E-state index contributed by atoms with van der Waals surface area (Å²) in [6.07, 6.45) is 2.07. The number of nitrogens with one attached hydrogen (secondary N) is 2. The Kier molecular flexibility index (Phi) is 6.45. The number of benzene rings is 1. The minimum absolute atomic E-state index is 0.0994. The van der Waals surface area contributed by atoms with Gasteiger partial charge in [-0.3, -0.25) is 4.79 Å². The van der Waals surface area contributed by atoms with Crippen LogP contribution < -0.4 is 5.32 Å². The van der Waals surface area contributed by atoms with Gasteiger partial charge < -0.3 is 15.0 Å². The summed E-state index contributed by atoms with van der Waals surface area (Å²) in [7, 11) is -3.61. The average molecular weight is 420 g/mol. The van der Waals surface area contributed by atoms with Crippen molar-refractivity contribution in [2.45, 2.75) is 37.5 Å². The zero-order valence-corrected chi connectivity index (χ0v) is 18.0. The molecule has 1 fully saturated rings. The lowest BCUT2D eigenvalue weighted by Gasteiger charge is -2.25. The van der Waals surface area contributed by atoms with Crippen molar-refractivity contribution in [3.8, 4) is 0 Å². The van der Waals surface area contributed by atoms with Crippen molar-refractivity contribution < 1.29 is 17.9 Å². The molecule has 1 aromatic heterocycles. The van der Waals surface area contributed by atoms with Gasteiger partial charge in [-0.25, -0.2) is 8.42 Å². The fourth-order valence-electron chi connectivity index (χ4n) is 3.18. The first kappa shape index (κ1) is 21.5. The number of ether oxygens (including phenoxy) is 1. The normalized spacial score (nSPS) is 16.0. The number of H-pyrrole nitrogens is 1. The molecule has 8 heteroatoms. The van der Waals surface area contributed by atoms with Gasteiger partial charge in [-0.2, -0.15) is 4.31 Å². The fraction of sp³-hybridized carbons (Fsp3) is 0.476. The molecule has 0 aliphatic carbocycles. The van der Waals surface area contributed by atoms with Gasteiger partial charge in [0.2, 0.25) is 10.0 Å². The first-order valence-corrected chi connectivity index (χ1v) is 11.3. The Bertz CT molecular complexity index is 937. The summed E-state index contributed by atoms with van der Waals surface area (Å²) in [5.74, 6) is -0.320. The number of aromatic nitrogens is 1. The van der Waals surface area contributed by atoms with Crippen LogP contribution in [-0.2, 0) is 26.6 Å². The smallest absolute Gasteiger partial charge is 0.267 e. The van der Waals surface area contributed by atoms with E-state index in [1.165, 1.54) is 22.1 Å². The quantitative estimate of drug-likeness (QED) is 0.752. The molecule has 0 bridgehead atoms. The van der Waals surface area contributed by atoms with E-state index in [-0.39, 0.29) is 21.9 Å². The highest BCUT2D eigenvalue weighted by molar-refractivity contribution is 7.89. The summed E-state index contributed by atoms with van der Waals surface area (Å²) in [4.78, 5) is 15.2. The number of carbonyl (C=O) groups excluding carboxylic acids is 1. The molecule has 29 heavy (non-hydrogen) atoms. The Balaban J connectivity index is 1.55. The van der Waals surface area contributed by atoms with E-state index >= 15 is 0 Å². The molecule has 3 rings (SSSR count). The molecule has 1 amide bonds. The molecule has 2 heterocycles. The van der Waals surface area contributed by atoms with E-state index < -0.39 is 10.0 Å². The van der Waals surface area contributed by atoms with Crippen molar-refractivity contribution >= 4 is 15.9 Å². The zero-order valence-electron chi connectivity index (χ0n) is 17.2. The lowest BCUT2D eigenvalue weighted by Crippen LogP contribution is -2.40. The molecular formula is C21H29N3O4S. The van der Waals surface area contributed by atoms with Crippen molar-refractivity contribution in [2.75, 3.05) is 32.8 Å². The van der Waals surface area contributed by atoms with Gasteiger partial charge in [-0.15, -0.1) is 0 Å². The van der Waals surface area contributed by atoms with E-state index in [1.807, 2.05) is 0 Å². The van der Waals surface area contributed by atoms with E-state index in [0.717, 1.165) is 5.56 Å². The monoisotopic (exact) mass is 419 g/mol. The Morgan fingerprint density at radius 2 is 1.83 bits per heavy atom. The van der Waals surface area contributed by atoms with Crippen molar-refractivity contribution in [3.63, 3.8) is 0 Å². The molecule has 2 N–H and O–H groups in total. The molecule has 0 radical (unpaired) electrons. The molecule has 0 unspecified atom stereocenters. The van der Waals surface area contributed by atoms with Gasteiger partial charge >= 0.3 is 0 Å². The number of aromatic amines is 1. The van der Waals surface area contributed by atoms with Crippen molar-refractivity contribution in [2.24, 2.45) is 0 Å². The standard InChI is InChI=1S/C21H29N3O4S/c1-21(2,3)17-6-4-16(5-7-17)8-9-22-20(25)19-14-18(15-23-19)29(26,27)24-10-12-28-13-11-24/h4-7,14-15,23H,8-13H2,1-3H3,(H,22,25). The summed E-state index contributed by atoms with van der Waals surface area (Å²) in [5, 5.41) is 2.84. The number of sulfonamides is 1. The molecule has 1 aliphatic heterocycles. The number of rotatable bonds is 6. The minimum atomic E-state index is -3.61. The van der Waals surface area contributed by atoms with Crippen molar-refractivity contribution in [1.82, 2.24) is 14.6 Å². The summed E-state index contributed by atoms with van der Waals surface area (Å²) >= 11 is 0. The third-order valence-corrected chi connectivity index (χ3v) is 6.90. The van der Waals surface area contributed by atoms with Crippen LogP contribution in [0, 0.1) is 0 Å². The van der Waals surface area contributed by atoms with E-state index in [1.54, 1.807) is 0 Å². The van der Waals surface area contributed by atoms with Crippen molar-refractivity contribution in [3.05, 3.63) is 53.3 Å². The number of morpholine rings is 1. The van der Waals surface area contributed by atoms with Gasteiger partial charge in [0.05, 0.1) is 13.2 Å². The Morgan fingerprint density at radius 3 is 2.45 bits per heavy atom. The van der Waals surface area contributed by atoms with Gasteiger partial charge in [0.15, 0.2) is 0 Å². The maximum Gasteiger partial charge on any atom is 0.267 e. The highest BCUT2D eigenvalue weighted by atomic mass is 32.2. The minimum Gasteiger partial charge on any atom is -0.379 e. The lowest BCUT2D eigenvalue weighted by atomic mass is 9.86. The molecule has 0 atom stereocenters. The Morgan fingerprint density at radius 1 is 1.17 bits per heavy atom. The van der Waals surface area contributed by atoms with Crippen LogP contribution in [0.25, 0.3) is 0 Å². The molecule has 0 saturated carbocycles. The fourth-order valence-corrected chi connectivity index (χ4v) is 4.58. The molecule has 1 saturated heterocycles. The maximum atomic E-state index is 12.6. The summed E-state index contributed by atoms with van der Waals surface area (Å²) in [6, 6.07) is 9.77. The molecule has 7 nitrogen and oxygen atoms in total. The predicted octanol–water partition coefficient (Wildman–Crippen LogP) is 2.31. The van der Waals surface area contributed by atoms with Crippen LogP contribution in [0.4, 0.5) is 0 Å². The van der Waals surface area contributed by atoms with Crippen LogP contribution in [-0.4, -0.2) is 56.5 Å². The molecular weight excluding hydrogens is 390 g/mol. The second kappa shape index (κ2) is 8.69. The largest absolute Gasteiger partial charge is 0.379 e. The Labute approximate surface area is 172 Å². The van der Waals surface area contributed by atoms with Crippen LogP contribution in [0.3, 0.4) is 0 Å². The number of hydrogen-bond donors (Lipinski definition) is 2. The average Bonchev–Trinajstić information content (AvgIpc) is 3.19. The molecule has 1 aromatic carbocycles. The topological polar surface area (TPSA) is 91.5 Å². The summed E-state index contributed by atoms with van der Waals surface area (Å²) in [5.41, 5.74) is 2.76. The van der Waals surface area contributed by atoms with Crippen LogP contribution >= 0.6 is 0 Å². The molecule has 0 spiro atoms. The summed E-state index contributed by atoms with van der Waals surface area (Å²) < 4.78 is 31.9. The van der Waals surface area contributed by atoms with Gasteiger partial charge in [0.25, 0.3) is 5.91 Å². The predicted molar refractivity (Wildman–Crippen MR) is 112 cm³/mol. The molecule has 158 valence electrons. The zero-order chi connectivity index (χ0) is 21.1. The number of amides is 1.